The van der Waals surface area contributed by atoms with E-state index in [-0.39, 0.29) is 5.91 Å². The minimum absolute atomic E-state index is 0.0171. The highest BCUT2D eigenvalue weighted by atomic mass is 32.2. The Labute approximate surface area is 104 Å². The third-order valence-corrected chi connectivity index (χ3v) is 3.81. The predicted octanol–water partition coefficient (Wildman–Crippen LogP) is 2.83. The first-order valence-corrected chi connectivity index (χ1v) is 6.08. The molecule has 0 radical (unpaired) electrons. The molecule has 0 unspecified atom stereocenters. The molecular formula is C12H11NOS2. The van der Waals surface area contributed by atoms with Gasteiger partial charge >= 0.3 is 0 Å². The van der Waals surface area contributed by atoms with E-state index >= 15 is 0 Å². The lowest BCUT2D eigenvalue weighted by atomic mass is 10.1. The van der Waals surface area contributed by atoms with Gasteiger partial charge in [0.1, 0.15) is 4.32 Å². The minimum atomic E-state index is -0.0171. The van der Waals surface area contributed by atoms with Gasteiger partial charge < -0.3 is 0 Å². The summed E-state index contributed by atoms with van der Waals surface area (Å²) in [7, 11) is 1.70. The average Bonchev–Trinajstić information content (AvgIpc) is 2.47. The fourth-order valence-corrected chi connectivity index (χ4v) is 2.64. The highest BCUT2D eigenvalue weighted by molar-refractivity contribution is 8.26. The van der Waals surface area contributed by atoms with E-state index < -0.39 is 0 Å². The fraction of sp³-hybridized carbons (Fsp3) is 0.167. The van der Waals surface area contributed by atoms with Gasteiger partial charge in [0.05, 0.1) is 4.91 Å². The Bertz CT molecular complexity index is 494. The van der Waals surface area contributed by atoms with Crippen molar-refractivity contribution >= 4 is 40.3 Å². The van der Waals surface area contributed by atoms with Crippen LogP contribution < -0.4 is 0 Å². The van der Waals surface area contributed by atoms with Crippen LogP contribution in [-0.2, 0) is 4.79 Å². The van der Waals surface area contributed by atoms with E-state index in [1.54, 1.807) is 7.05 Å². The number of aryl methyl sites for hydroxylation is 1. The summed E-state index contributed by atoms with van der Waals surface area (Å²) in [5.41, 5.74) is 2.22. The number of rotatable bonds is 1. The molecule has 0 aliphatic carbocycles. The standard InChI is InChI=1S/C12H11NOS2/c1-8-4-3-5-9(6-8)7-10-11(14)13(2)12(15)16-10/h3-7H,1-2H3/b10-7-. The topological polar surface area (TPSA) is 20.3 Å². The van der Waals surface area contributed by atoms with Gasteiger partial charge in [0, 0.05) is 7.05 Å². The molecular weight excluding hydrogens is 238 g/mol. The molecule has 2 rings (SSSR count). The third kappa shape index (κ3) is 2.18. The quantitative estimate of drug-likeness (QED) is 0.564. The van der Waals surface area contributed by atoms with Gasteiger partial charge in [-0.05, 0) is 18.6 Å². The molecule has 1 fully saturated rings. The molecule has 1 saturated heterocycles. The van der Waals surface area contributed by atoms with Crippen molar-refractivity contribution in [3.8, 4) is 0 Å². The summed E-state index contributed by atoms with van der Waals surface area (Å²) in [5, 5.41) is 0. The summed E-state index contributed by atoms with van der Waals surface area (Å²) in [4.78, 5) is 13.9. The van der Waals surface area contributed by atoms with E-state index in [9.17, 15) is 4.79 Å². The number of carbonyl (C=O) groups excluding carboxylic acids is 1. The number of amides is 1. The van der Waals surface area contributed by atoms with E-state index in [0.29, 0.717) is 9.23 Å². The minimum Gasteiger partial charge on any atom is -0.296 e. The van der Waals surface area contributed by atoms with E-state index in [4.69, 9.17) is 12.2 Å². The molecule has 2 nitrogen and oxygen atoms in total. The van der Waals surface area contributed by atoms with Crippen LogP contribution >= 0.6 is 24.0 Å². The van der Waals surface area contributed by atoms with Crippen LogP contribution in [-0.4, -0.2) is 22.2 Å². The van der Waals surface area contributed by atoms with Gasteiger partial charge in [0.15, 0.2) is 0 Å². The van der Waals surface area contributed by atoms with Gasteiger partial charge in [-0.3, -0.25) is 9.69 Å². The maximum Gasteiger partial charge on any atom is 0.265 e. The van der Waals surface area contributed by atoms with Gasteiger partial charge in [-0.25, -0.2) is 0 Å². The van der Waals surface area contributed by atoms with Crippen LogP contribution in [0.4, 0.5) is 0 Å². The Kier molecular flexibility index (Phi) is 3.12. The van der Waals surface area contributed by atoms with Crippen molar-refractivity contribution in [2.24, 2.45) is 0 Å². The molecule has 0 aromatic heterocycles. The SMILES string of the molecule is Cc1cccc(/C=C2\SC(=S)N(C)C2=O)c1. The lowest BCUT2D eigenvalue weighted by Crippen LogP contribution is -2.22. The monoisotopic (exact) mass is 249 g/mol. The molecule has 1 heterocycles. The van der Waals surface area contributed by atoms with Crippen LogP contribution in [0.1, 0.15) is 11.1 Å². The number of likely N-dealkylation sites (N-methyl/N-ethyl adjacent to an activating group) is 1. The number of thiocarbonyl (C=S) groups is 1. The van der Waals surface area contributed by atoms with Crippen molar-refractivity contribution in [3.63, 3.8) is 0 Å². The summed E-state index contributed by atoms with van der Waals surface area (Å²) in [6, 6.07) is 8.04. The molecule has 0 bridgehead atoms. The number of thioether (sulfide) groups is 1. The number of benzene rings is 1. The molecule has 1 amide bonds. The first-order chi connectivity index (χ1) is 7.58. The molecule has 0 atom stereocenters. The fourth-order valence-electron chi connectivity index (χ4n) is 1.46. The second-order valence-corrected chi connectivity index (χ2v) is 5.33. The normalized spacial score (nSPS) is 18.6. The zero-order chi connectivity index (χ0) is 11.7. The van der Waals surface area contributed by atoms with Gasteiger partial charge in [0.25, 0.3) is 5.91 Å². The molecule has 1 aromatic carbocycles. The second-order valence-electron chi connectivity index (χ2n) is 3.65. The molecule has 0 spiro atoms. The highest BCUT2D eigenvalue weighted by Gasteiger charge is 2.28. The van der Waals surface area contributed by atoms with Gasteiger partial charge in [-0.1, -0.05) is 53.8 Å². The van der Waals surface area contributed by atoms with Crippen molar-refractivity contribution in [2.45, 2.75) is 6.92 Å². The summed E-state index contributed by atoms with van der Waals surface area (Å²) in [5.74, 6) is -0.0171. The van der Waals surface area contributed by atoms with Crippen molar-refractivity contribution in [2.75, 3.05) is 7.05 Å². The second kappa shape index (κ2) is 4.39. The summed E-state index contributed by atoms with van der Waals surface area (Å²) < 4.78 is 0.615. The molecule has 1 aliphatic heterocycles. The van der Waals surface area contributed by atoms with Gasteiger partial charge in [-0.15, -0.1) is 0 Å². The van der Waals surface area contributed by atoms with Crippen molar-refractivity contribution in [1.29, 1.82) is 0 Å². The summed E-state index contributed by atoms with van der Waals surface area (Å²) in [6.07, 6.45) is 1.88. The molecule has 4 heteroatoms. The number of nitrogens with zero attached hydrogens (tertiary/aromatic N) is 1. The predicted molar refractivity (Wildman–Crippen MR) is 72.1 cm³/mol. The van der Waals surface area contributed by atoms with Gasteiger partial charge in [0.2, 0.25) is 0 Å². The van der Waals surface area contributed by atoms with Gasteiger partial charge in [-0.2, -0.15) is 0 Å². The van der Waals surface area contributed by atoms with E-state index in [1.165, 1.54) is 22.2 Å². The number of carbonyl (C=O) groups is 1. The van der Waals surface area contributed by atoms with E-state index in [2.05, 4.69) is 0 Å². The molecule has 0 N–H and O–H groups in total. The highest BCUT2D eigenvalue weighted by Crippen LogP contribution is 2.31. The smallest absolute Gasteiger partial charge is 0.265 e. The Morgan fingerprint density at radius 1 is 1.44 bits per heavy atom. The molecule has 0 saturated carbocycles. The van der Waals surface area contributed by atoms with Crippen LogP contribution in [0.25, 0.3) is 6.08 Å². The molecule has 1 aliphatic rings. The number of hydrogen-bond acceptors (Lipinski definition) is 3. The van der Waals surface area contributed by atoms with E-state index in [0.717, 1.165) is 5.56 Å². The van der Waals surface area contributed by atoms with Crippen LogP contribution in [0.2, 0.25) is 0 Å². The zero-order valence-corrected chi connectivity index (χ0v) is 10.7. The van der Waals surface area contributed by atoms with Crippen LogP contribution in [0.15, 0.2) is 29.2 Å². The number of hydrogen-bond donors (Lipinski definition) is 0. The average molecular weight is 249 g/mol. The molecule has 1 aromatic rings. The van der Waals surface area contributed by atoms with Crippen molar-refractivity contribution < 1.29 is 4.79 Å². The Balaban J connectivity index is 2.33. The Hall–Kier alpha value is -1.13. The van der Waals surface area contributed by atoms with Crippen LogP contribution in [0.5, 0.6) is 0 Å². The summed E-state index contributed by atoms with van der Waals surface area (Å²) in [6.45, 7) is 2.03. The van der Waals surface area contributed by atoms with Crippen molar-refractivity contribution in [3.05, 3.63) is 40.3 Å². The van der Waals surface area contributed by atoms with Crippen LogP contribution in [0.3, 0.4) is 0 Å². The Morgan fingerprint density at radius 2 is 2.19 bits per heavy atom. The van der Waals surface area contributed by atoms with Crippen molar-refractivity contribution in [1.82, 2.24) is 4.90 Å². The van der Waals surface area contributed by atoms with Crippen LogP contribution in [0, 0.1) is 6.92 Å². The largest absolute Gasteiger partial charge is 0.296 e. The first-order valence-electron chi connectivity index (χ1n) is 4.86. The first kappa shape index (κ1) is 11.4. The lowest BCUT2D eigenvalue weighted by molar-refractivity contribution is -0.121. The summed E-state index contributed by atoms with van der Waals surface area (Å²) >= 11 is 6.42. The molecule has 82 valence electrons. The molecule has 16 heavy (non-hydrogen) atoms. The maximum atomic E-state index is 11.8. The zero-order valence-electron chi connectivity index (χ0n) is 9.06. The Morgan fingerprint density at radius 3 is 2.75 bits per heavy atom. The lowest BCUT2D eigenvalue weighted by Gasteiger charge is -2.03. The third-order valence-electron chi connectivity index (χ3n) is 2.33. The maximum absolute atomic E-state index is 11.8. The van der Waals surface area contributed by atoms with E-state index in [1.807, 2.05) is 37.3 Å².